The van der Waals surface area contributed by atoms with Gasteiger partial charge in [-0.05, 0) is 93.9 Å². The Kier molecular flexibility index (Phi) is 10.8. The maximum absolute atomic E-state index is 12.2. The topological polar surface area (TPSA) is 123 Å². The number of aliphatic carboxylic acids is 1. The summed E-state index contributed by atoms with van der Waals surface area (Å²) in [4.78, 5) is 49.9. The highest BCUT2D eigenvalue weighted by molar-refractivity contribution is 5.82. The Labute approximate surface area is 209 Å². The molecule has 2 heterocycles. The summed E-state index contributed by atoms with van der Waals surface area (Å²) in [5, 5.41) is 9.12. The maximum atomic E-state index is 12.2. The van der Waals surface area contributed by atoms with Crippen LogP contribution in [0.25, 0.3) is 0 Å². The molecule has 4 atom stereocenters. The van der Waals surface area contributed by atoms with E-state index >= 15 is 0 Å². The van der Waals surface area contributed by atoms with Crippen LogP contribution in [0.15, 0.2) is 0 Å². The number of carbonyl (C=O) groups excluding carboxylic acids is 3. The summed E-state index contributed by atoms with van der Waals surface area (Å²) in [5.74, 6) is -1.32. The summed E-state index contributed by atoms with van der Waals surface area (Å²) < 4.78 is 15.4. The molecule has 0 bridgehead atoms. The predicted molar refractivity (Wildman–Crippen MR) is 130 cm³/mol. The number of piperidine rings is 2. The van der Waals surface area contributed by atoms with Gasteiger partial charge in [0.2, 0.25) is 0 Å². The second-order valence-electron chi connectivity index (χ2n) is 11.2. The average Bonchev–Trinajstić information content (AvgIpc) is 2.70. The van der Waals surface area contributed by atoms with Gasteiger partial charge >= 0.3 is 24.1 Å². The van der Waals surface area contributed by atoms with Crippen LogP contribution in [0, 0.1) is 0 Å². The van der Waals surface area contributed by atoms with Crippen molar-refractivity contribution in [2.45, 2.75) is 129 Å². The molecule has 0 unspecified atom stereocenters. The van der Waals surface area contributed by atoms with Gasteiger partial charge < -0.3 is 19.3 Å². The molecular formula is C25H44N2O8. The summed E-state index contributed by atoms with van der Waals surface area (Å²) >= 11 is 0. The average molecular weight is 501 g/mol. The van der Waals surface area contributed by atoms with E-state index in [4.69, 9.17) is 19.3 Å². The van der Waals surface area contributed by atoms with Gasteiger partial charge in [0.1, 0.15) is 23.3 Å². The number of carboxylic acids is 1. The molecule has 0 aromatic rings. The standard InChI is InChI=1S/C13H23NO4.C12H21NO4/c1-9-7-6-8-10(11(15)17-5)14(9)12(16)18-13(2,3)4;1-8-6-5-7-9(10(14)15)13(8)11(16)17-12(2,3)4/h9-10H,6-8H2,1-5H3;8-9H,5-7H2,1-4H3,(H,14,15)/t9-,10-;8-,9-/m00/s1. The van der Waals surface area contributed by atoms with Crippen LogP contribution in [0.4, 0.5) is 9.59 Å². The zero-order valence-electron chi connectivity index (χ0n) is 22.8. The Morgan fingerprint density at radius 1 is 0.714 bits per heavy atom. The lowest BCUT2D eigenvalue weighted by Gasteiger charge is -2.39. The van der Waals surface area contributed by atoms with E-state index in [1.54, 1.807) is 20.8 Å². The minimum atomic E-state index is -0.956. The quantitative estimate of drug-likeness (QED) is 0.431. The maximum Gasteiger partial charge on any atom is 0.411 e. The number of amides is 2. The minimum Gasteiger partial charge on any atom is -0.480 e. The van der Waals surface area contributed by atoms with Crippen LogP contribution in [0.1, 0.15) is 93.9 Å². The third-order valence-electron chi connectivity index (χ3n) is 5.79. The molecule has 2 aliphatic rings. The Balaban J connectivity index is 0.000000351. The van der Waals surface area contributed by atoms with Crippen molar-refractivity contribution in [1.82, 2.24) is 9.80 Å². The van der Waals surface area contributed by atoms with Crippen LogP contribution in [0.3, 0.4) is 0 Å². The van der Waals surface area contributed by atoms with Gasteiger partial charge in [-0.15, -0.1) is 0 Å². The molecule has 2 rings (SSSR count). The van der Waals surface area contributed by atoms with E-state index in [-0.39, 0.29) is 18.1 Å². The van der Waals surface area contributed by atoms with E-state index in [2.05, 4.69) is 0 Å². The number of rotatable bonds is 2. The molecule has 2 saturated heterocycles. The number of nitrogens with zero attached hydrogens (tertiary/aromatic N) is 2. The fourth-order valence-corrected chi connectivity index (χ4v) is 4.24. The molecular weight excluding hydrogens is 456 g/mol. The summed E-state index contributed by atoms with van der Waals surface area (Å²) in [7, 11) is 1.34. The molecule has 10 nitrogen and oxygen atoms in total. The molecule has 2 fully saturated rings. The Hall–Kier alpha value is -2.52. The van der Waals surface area contributed by atoms with E-state index in [1.807, 2.05) is 34.6 Å². The molecule has 1 N–H and O–H groups in total. The SMILES string of the molecule is COC(=O)[C@@H]1CCC[C@H](C)N1C(=O)OC(C)(C)C.C[C@H]1CCC[C@@H](C(=O)O)N1C(=O)OC(C)(C)C. The predicted octanol–water partition coefficient (Wildman–Crippen LogP) is 4.59. The Morgan fingerprint density at radius 3 is 1.43 bits per heavy atom. The fourth-order valence-electron chi connectivity index (χ4n) is 4.24. The van der Waals surface area contributed by atoms with Gasteiger partial charge in [0, 0.05) is 12.1 Å². The first-order valence-electron chi connectivity index (χ1n) is 12.3. The smallest absolute Gasteiger partial charge is 0.411 e. The van der Waals surface area contributed by atoms with Crippen molar-refractivity contribution >= 4 is 24.1 Å². The van der Waals surface area contributed by atoms with Crippen molar-refractivity contribution in [3.8, 4) is 0 Å². The van der Waals surface area contributed by atoms with Crippen LogP contribution in [0.5, 0.6) is 0 Å². The molecule has 0 aliphatic carbocycles. The summed E-state index contributed by atoms with van der Waals surface area (Å²) in [6.07, 6.45) is 3.62. The summed E-state index contributed by atoms with van der Waals surface area (Å²) in [5.41, 5.74) is -1.16. The van der Waals surface area contributed by atoms with Gasteiger partial charge in [-0.25, -0.2) is 19.2 Å². The highest BCUT2D eigenvalue weighted by Gasteiger charge is 2.40. The van der Waals surface area contributed by atoms with Gasteiger partial charge in [0.25, 0.3) is 0 Å². The van der Waals surface area contributed by atoms with Crippen LogP contribution >= 0.6 is 0 Å². The van der Waals surface area contributed by atoms with Crippen LogP contribution in [-0.2, 0) is 23.8 Å². The highest BCUT2D eigenvalue weighted by atomic mass is 16.6. The largest absolute Gasteiger partial charge is 0.480 e. The van der Waals surface area contributed by atoms with E-state index in [0.717, 1.165) is 25.7 Å². The molecule has 2 amide bonds. The third kappa shape index (κ3) is 9.57. The molecule has 0 aromatic heterocycles. The van der Waals surface area contributed by atoms with Crippen molar-refractivity contribution in [2.24, 2.45) is 0 Å². The second kappa shape index (κ2) is 12.4. The van der Waals surface area contributed by atoms with E-state index in [0.29, 0.717) is 12.8 Å². The van der Waals surface area contributed by atoms with E-state index in [9.17, 15) is 19.2 Å². The number of carboxylic acid groups (broad SMARTS) is 1. The van der Waals surface area contributed by atoms with Crippen LogP contribution in [0.2, 0.25) is 0 Å². The minimum absolute atomic E-state index is 0.00213. The number of likely N-dealkylation sites (tertiary alicyclic amines) is 2. The monoisotopic (exact) mass is 500 g/mol. The highest BCUT2D eigenvalue weighted by Crippen LogP contribution is 2.27. The third-order valence-corrected chi connectivity index (χ3v) is 5.79. The molecule has 0 aromatic carbocycles. The Bertz CT molecular complexity index is 756. The van der Waals surface area contributed by atoms with E-state index in [1.165, 1.54) is 16.9 Å². The molecule has 0 radical (unpaired) electrons. The molecule has 35 heavy (non-hydrogen) atoms. The van der Waals surface area contributed by atoms with Crippen molar-refractivity contribution in [2.75, 3.05) is 7.11 Å². The van der Waals surface area contributed by atoms with Gasteiger partial charge in [-0.3, -0.25) is 9.80 Å². The van der Waals surface area contributed by atoms with Crippen molar-refractivity contribution in [1.29, 1.82) is 0 Å². The lowest BCUT2D eigenvalue weighted by atomic mass is 9.97. The van der Waals surface area contributed by atoms with Gasteiger partial charge in [-0.2, -0.15) is 0 Å². The lowest BCUT2D eigenvalue weighted by Crippen LogP contribution is -2.54. The summed E-state index contributed by atoms with van der Waals surface area (Å²) in [6, 6.07) is -1.36. The van der Waals surface area contributed by atoms with Crippen molar-refractivity contribution in [3.05, 3.63) is 0 Å². The molecule has 10 heteroatoms. The van der Waals surface area contributed by atoms with Crippen molar-refractivity contribution in [3.63, 3.8) is 0 Å². The van der Waals surface area contributed by atoms with Crippen LogP contribution in [-0.4, -0.2) is 81.5 Å². The number of carbonyl (C=O) groups is 4. The van der Waals surface area contributed by atoms with Crippen LogP contribution < -0.4 is 0 Å². The number of ether oxygens (including phenoxy) is 3. The zero-order chi connectivity index (χ0) is 27.1. The first kappa shape index (κ1) is 30.5. The van der Waals surface area contributed by atoms with E-state index < -0.39 is 41.4 Å². The lowest BCUT2D eigenvalue weighted by molar-refractivity contribution is -0.149. The summed E-state index contributed by atoms with van der Waals surface area (Å²) in [6.45, 7) is 14.5. The molecule has 0 saturated carbocycles. The first-order chi connectivity index (χ1) is 16.0. The Morgan fingerprint density at radius 2 is 1.09 bits per heavy atom. The number of hydrogen-bond acceptors (Lipinski definition) is 7. The molecule has 0 spiro atoms. The fraction of sp³-hybridized carbons (Fsp3) is 0.840. The number of methoxy groups -OCH3 is 1. The number of esters is 1. The van der Waals surface area contributed by atoms with Crippen molar-refractivity contribution < 1.29 is 38.5 Å². The molecule has 202 valence electrons. The molecule has 2 aliphatic heterocycles. The first-order valence-corrected chi connectivity index (χ1v) is 12.3. The normalized spacial score (nSPS) is 25.1. The van der Waals surface area contributed by atoms with Gasteiger partial charge in [0.05, 0.1) is 7.11 Å². The van der Waals surface area contributed by atoms with Gasteiger partial charge in [-0.1, -0.05) is 0 Å². The number of hydrogen-bond donors (Lipinski definition) is 1. The van der Waals surface area contributed by atoms with Gasteiger partial charge in [0.15, 0.2) is 0 Å². The second-order valence-corrected chi connectivity index (χ2v) is 11.2. The zero-order valence-corrected chi connectivity index (χ0v) is 22.8.